The minimum Gasteiger partial charge on any atom is -0.497 e. The lowest BCUT2D eigenvalue weighted by molar-refractivity contribution is 0.313. The van der Waals surface area contributed by atoms with Gasteiger partial charge in [-0.2, -0.15) is 0 Å². The molecule has 0 amide bonds. The van der Waals surface area contributed by atoms with Gasteiger partial charge in [0.15, 0.2) is 0 Å². The van der Waals surface area contributed by atoms with Crippen LogP contribution in [0, 0.1) is 0 Å². The first kappa shape index (κ1) is 17.3. The minimum atomic E-state index is -3.13. The highest BCUT2D eigenvalue weighted by atomic mass is 32.2. The fourth-order valence-corrected chi connectivity index (χ4v) is 5.11. The van der Waals surface area contributed by atoms with E-state index in [1.807, 2.05) is 25.1 Å². The number of aromatic amines is 1. The molecule has 0 radical (unpaired) electrons. The van der Waals surface area contributed by atoms with Crippen LogP contribution in [-0.4, -0.2) is 43.7 Å². The first-order valence-electron chi connectivity index (χ1n) is 8.68. The lowest BCUT2D eigenvalue weighted by atomic mass is 9.96. The van der Waals surface area contributed by atoms with Crippen molar-refractivity contribution in [1.82, 2.24) is 9.29 Å². The molecule has 1 fully saturated rings. The number of sulfonamides is 1. The molecule has 24 heavy (non-hydrogen) atoms. The van der Waals surface area contributed by atoms with Crippen molar-refractivity contribution in [2.24, 2.45) is 0 Å². The van der Waals surface area contributed by atoms with Crippen molar-refractivity contribution < 1.29 is 13.2 Å². The average molecular weight is 350 g/mol. The van der Waals surface area contributed by atoms with Gasteiger partial charge in [0.05, 0.1) is 12.9 Å². The van der Waals surface area contributed by atoms with Gasteiger partial charge >= 0.3 is 0 Å². The Labute approximate surface area is 144 Å². The SMILES string of the molecule is CCCCS(=O)(=O)N1CCCC(c2cc3cc(OC)ccc3[nH]2)C1. The van der Waals surface area contributed by atoms with Crippen LogP contribution < -0.4 is 4.74 Å². The summed E-state index contributed by atoms with van der Waals surface area (Å²) < 4.78 is 31.9. The molecule has 1 N–H and O–H groups in total. The van der Waals surface area contributed by atoms with Gasteiger partial charge in [0.25, 0.3) is 0 Å². The number of hydrogen-bond donors (Lipinski definition) is 1. The molecule has 1 aromatic heterocycles. The summed E-state index contributed by atoms with van der Waals surface area (Å²) in [7, 11) is -1.47. The van der Waals surface area contributed by atoms with Crippen molar-refractivity contribution in [3.63, 3.8) is 0 Å². The number of nitrogens with one attached hydrogen (secondary N) is 1. The third-order valence-corrected chi connectivity index (χ3v) is 6.74. The molecule has 1 atom stereocenters. The van der Waals surface area contributed by atoms with Crippen molar-refractivity contribution >= 4 is 20.9 Å². The minimum absolute atomic E-state index is 0.230. The summed E-state index contributed by atoms with van der Waals surface area (Å²) in [5, 5.41) is 1.11. The number of rotatable bonds is 6. The largest absolute Gasteiger partial charge is 0.497 e. The number of ether oxygens (including phenoxy) is 1. The van der Waals surface area contributed by atoms with E-state index in [0.717, 1.165) is 48.0 Å². The smallest absolute Gasteiger partial charge is 0.214 e. The Hall–Kier alpha value is -1.53. The summed E-state index contributed by atoms with van der Waals surface area (Å²) in [5.41, 5.74) is 2.19. The number of hydrogen-bond acceptors (Lipinski definition) is 3. The maximum Gasteiger partial charge on any atom is 0.214 e. The summed E-state index contributed by atoms with van der Waals surface area (Å²) in [4.78, 5) is 3.45. The van der Waals surface area contributed by atoms with Crippen LogP contribution in [-0.2, 0) is 10.0 Å². The zero-order chi connectivity index (χ0) is 17.2. The van der Waals surface area contributed by atoms with Gasteiger partial charge in [-0.3, -0.25) is 0 Å². The van der Waals surface area contributed by atoms with Gasteiger partial charge in [-0.25, -0.2) is 12.7 Å². The van der Waals surface area contributed by atoms with E-state index in [-0.39, 0.29) is 11.7 Å². The molecule has 1 aromatic carbocycles. The van der Waals surface area contributed by atoms with Gasteiger partial charge in [-0.05, 0) is 43.5 Å². The van der Waals surface area contributed by atoms with Crippen molar-refractivity contribution in [2.75, 3.05) is 26.0 Å². The van der Waals surface area contributed by atoms with E-state index in [9.17, 15) is 8.42 Å². The number of fused-ring (bicyclic) bond motifs is 1. The number of unbranched alkanes of at least 4 members (excludes halogenated alkanes) is 1. The molecule has 132 valence electrons. The molecule has 1 aliphatic rings. The molecule has 1 saturated heterocycles. The molecule has 0 aliphatic carbocycles. The Kier molecular flexibility index (Phi) is 5.15. The standard InChI is InChI=1S/C18H26N2O3S/c1-3-4-10-24(21,22)20-9-5-6-14(13-20)18-12-15-11-16(23-2)7-8-17(15)19-18/h7-8,11-12,14,19H,3-6,9-10,13H2,1-2H3. The van der Waals surface area contributed by atoms with Crippen LogP contribution in [0.3, 0.4) is 0 Å². The van der Waals surface area contributed by atoms with Gasteiger partial charge in [-0.15, -0.1) is 0 Å². The van der Waals surface area contributed by atoms with Gasteiger partial charge in [0.1, 0.15) is 5.75 Å². The summed E-state index contributed by atoms with van der Waals surface area (Å²) in [6.45, 7) is 3.25. The van der Waals surface area contributed by atoms with Gasteiger partial charge < -0.3 is 9.72 Å². The molecule has 1 unspecified atom stereocenters. The first-order chi connectivity index (χ1) is 11.5. The van der Waals surface area contributed by atoms with Crippen LogP contribution in [0.4, 0.5) is 0 Å². The van der Waals surface area contributed by atoms with E-state index in [1.54, 1.807) is 11.4 Å². The Morgan fingerprint density at radius 3 is 2.92 bits per heavy atom. The fourth-order valence-electron chi connectivity index (χ4n) is 3.38. The quantitative estimate of drug-likeness (QED) is 0.867. The Morgan fingerprint density at radius 2 is 2.17 bits per heavy atom. The third kappa shape index (κ3) is 3.59. The highest BCUT2D eigenvalue weighted by Gasteiger charge is 2.29. The Bertz CT molecular complexity index is 798. The van der Waals surface area contributed by atoms with E-state index >= 15 is 0 Å². The fraction of sp³-hybridized carbons (Fsp3) is 0.556. The molecule has 2 aromatic rings. The normalized spacial score (nSPS) is 19.7. The van der Waals surface area contributed by atoms with Crippen molar-refractivity contribution in [2.45, 2.75) is 38.5 Å². The Balaban J connectivity index is 1.79. The van der Waals surface area contributed by atoms with E-state index in [4.69, 9.17) is 4.74 Å². The molecule has 1 aliphatic heterocycles. The zero-order valence-electron chi connectivity index (χ0n) is 14.4. The topological polar surface area (TPSA) is 62.4 Å². The van der Waals surface area contributed by atoms with Crippen LogP contribution in [0.2, 0.25) is 0 Å². The van der Waals surface area contributed by atoms with Crippen LogP contribution in [0.1, 0.15) is 44.2 Å². The molecule has 0 spiro atoms. The maximum atomic E-state index is 12.5. The van der Waals surface area contributed by atoms with E-state index in [1.165, 1.54) is 0 Å². The number of nitrogens with zero attached hydrogens (tertiary/aromatic N) is 1. The average Bonchev–Trinajstić information content (AvgIpc) is 3.03. The molecule has 2 heterocycles. The second-order valence-electron chi connectivity index (χ2n) is 6.54. The summed E-state index contributed by atoms with van der Waals surface area (Å²) in [6, 6.07) is 8.08. The summed E-state index contributed by atoms with van der Waals surface area (Å²) in [5.74, 6) is 1.33. The third-order valence-electron chi connectivity index (χ3n) is 4.82. The number of benzene rings is 1. The molecular formula is C18H26N2O3S. The van der Waals surface area contributed by atoms with Crippen molar-refractivity contribution in [3.8, 4) is 5.75 Å². The highest BCUT2D eigenvalue weighted by molar-refractivity contribution is 7.89. The molecule has 0 saturated carbocycles. The van der Waals surface area contributed by atoms with E-state index < -0.39 is 10.0 Å². The molecule has 5 nitrogen and oxygen atoms in total. The first-order valence-corrected chi connectivity index (χ1v) is 10.3. The van der Waals surface area contributed by atoms with Crippen LogP contribution >= 0.6 is 0 Å². The predicted octanol–water partition coefficient (Wildman–Crippen LogP) is 3.49. The van der Waals surface area contributed by atoms with E-state index in [0.29, 0.717) is 13.1 Å². The molecule has 6 heteroatoms. The number of aromatic nitrogens is 1. The summed E-state index contributed by atoms with van der Waals surface area (Å²) >= 11 is 0. The second kappa shape index (κ2) is 7.15. The molecule has 3 rings (SSSR count). The highest BCUT2D eigenvalue weighted by Crippen LogP contribution is 2.31. The summed E-state index contributed by atoms with van der Waals surface area (Å²) in [6.07, 6.45) is 3.56. The van der Waals surface area contributed by atoms with Gasteiger partial charge in [-0.1, -0.05) is 13.3 Å². The van der Waals surface area contributed by atoms with Crippen LogP contribution in [0.5, 0.6) is 5.75 Å². The maximum absolute atomic E-state index is 12.5. The number of methoxy groups -OCH3 is 1. The van der Waals surface area contributed by atoms with E-state index in [2.05, 4.69) is 11.1 Å². The number of H-pyrrole nitrogens is 1. The second-order valence-corrected chi connectivity index (χ2v) is 8.63. The lowest BCUT2D eigenvalue weighted by Crippen LogP contribution is -2.40. The van der Waals surface area contributed by atoms with Crippen LogP contribution in [0.15, 0.2) is 24.3 Å². The lowest BCUT2D eigenvalue weighted by Gasteiger charge is -2.31. The van der Waals surface area contributed by atoms with Crippen molar-refractivity contribution in [1.29, 1.82) is 0 Å². The van der Waals surface area contributed by atoms with Crippen molar-refractivity contribution in [3.05, 3.63) is 30.0 Å². The van der Waals surface area contributed by atoms with Gasteiger partial charge in [0, 0.05) is 35.6 Å². The molecule has 0 bridgehead atoms. The molecular weight excluding hydrogens is 324 g/mol. The monoisotopic (exact) mass is 350 g/mol. The zero-order valence-corrected chi connectivity index (χ0v) is 15.2. The van der Waals surface area contributed by atoms with Crippen LogP contribution in [0.25, 0.3) is 10.9 Å². The predicted molar refractivity (Wildman–Crippen MR) is 97.1 cm³/mol. The van der Waals surface area contributed by atoms with Gasteiger partial charge in [0.2, 0.25) is 10.0 Å². The Morgan fingerprint density at radius 1 is 1.33 bits per heavy atom. The number of piperidine rings is 1.